The molecule has 2 amide bonds. The fraction of sp³-hybridized carbons (Fsp3) is 0.417. The third-order valence-electron chi connectivity index (χ3n) is 2.44. The molecule has 1 rings (SSSR count). The maximum absolute atomic E-state index is 12.9. The first-order valence-electron chi connectivity index (χ1n) is 5.25. The minimum atomic E-state index is -0.276. The Bertz CT molecular complexity index is 368. The molecule has 0 unspecified atom stereocenters. The van der Waals surface area contributed by atoms with E-state index in [-0.39, 0.29) is 11.8 Å². The summed E-state index contributed by atoms with van der Waals surface area (Å²) in [6.45, 7) is 2.99. The minimum Gasteiger partial charge on any atom is -0.328 e. The molecule has 0 radical (unpaired) electrons. The Morgan fingerprint density at radius 1 is 1.31 bits per heavy atom. The maximum Gasteiger partial charge on any atom is 0.319 e. The van der Waals surface area contributed by atoms with Crippen LogP contribution in [0, 0.1) is 5.82 Å². The smallest absolute Gasteiger partial charge is 0.319 e. The number of urea groups is 1. The first kappa shape index (κ1) is 12.5. The third-order valence-corrected chi connectivity index (χ3v) is 2.44. The summed E-state index contributed by atoms with van der Waals surface area (Å²) < 4.78 is 12.9. The minimum absolute atomic E-state index is 0.0632. The number of nitrogens with zero attached hydrogens (tertiary/aromatic N) is 2. The highest BCUT2D eigenvalue weighted by Gasteiger charge is 2.12. The molecule has 0 saturated heterocycles. The maximum atomic E-state index is 12.9. The molecule has 0 aliphatic carbocycles. The first-order chi connectivity index (χ1) is 7.54. The fourth-order valence-corrected chi connectivity index (χ4v) is 1.40. The lowest BCUT2D eigenvalue weighted by atomic mass is 10.2. The average Bonchev–Trinajstić information content (AvgIpc) is 2.27. The number of benzene rings is 1. The standard InChI is InChI=1S/C12H17FN2O/c1-4-14(2)12(16)15(3)9-10-6-5-7-11(13)8-10/h5-8H,4,9H2,1-3H3. The van der Waals surface area contributed by atoms with Gasteiger partial charge in [-0.25, -0.2) is 9.18 Å². The van der Waals surface area contributed by atoms with Gasteiger partial charge in [-0.15, -0.1) is 0 Å². The van der Waals surface area contributed by atoms with Crippen LogP contribution in [-0.2, 0) is 6.54 Å². The van der Waals surface area contributed by atoms with Crippen LogP contribution < -0.4 is 0 Å². The Hall–Kier alpha value is -1.58. The molecule has 0 heterocycles. The Balaban J connectivity index is 2.64. The third kappa shape index (κ3) is 3.22. The van der Waals surface area contributed by atoms with Crippen molar-refractivity contribution in [3.05, 3.63) is 35.6 Å². The van der Waals surface area contributed by atoms with Gasteiger partial charge >= 0.3 is 6.03 Å². The molecule has 0 atom stereocenters. The van der Waals surface area contributed by atoms with Gasteiger partial charge in [0.15, 0.2) is 0 Å². The highest BCUT2D eigenvalue weighted by atomic mass is 19.1. The van der Waals surface area contributed by atoms with Crippen molar-refractivity contribution in [1.29, 1.82) is 0 Å². The predicted octanol–water partition coefficient (Wildman–Crippen LogP) is 2.33. The molecule has 0 aliphatic rings. The van der Waals surface area contributed by atoms with Crippen molar-refractivity contribution >= 4 is 6.03 Å². The van der Waals surface area contributed by atoms with E-state index >= 15 is 0 Å². The zero-order valence-electron chi connectivity index (χ0n) is 9.90. The van der Waals surface area contributed by atoms with E-state index in [1.807, 2.05) is 6.92 Å². The molecule has 0 spiro atoms. The number of carbonyl (C=O) groups is 1. The molecule has 88 valence electrons. The van der Waals surface area contributed by atoms with E-state index in [4.69, 9.17) is 0 Å². The van der Waals surface area contributed by atoms with Gasteiger partial charge in [-0.3, -0.25) is 0 Å². The van der Waals surface area contributed by atoms with Gasteiger partial charge in [-0.05, 0) is 24.6 Å². The predicted molar refractivity (Wildman–Crippen MR) is 61.6 cm³/mol. The second kappa shape index (κ2) is 5.49. The summed E-state index contributed by atoms with van der Waals surface area (Å²) in [6.07, 6.45) is 0. The second-order valence-electron chi connectivity index (χ2n) is 3.78. The van der Waals surface area contributed by atoms with Crippen LogP contribution in [0.2, 0.25) is 0 Å². The highest BCUT2D eigenvalue weighted by molar-refractivity contribution is 5.73. The quantitative estimate of drug-likeness (QED) is 0.773. The van der Waals surface area contributed by atoms with Crippen LogP contribution in [0.1, 0.15) is 12.5 Å². The van der Waals surface area contributed by atoms with Crippen LogP contribution in [0.3, 0.4) is 0 Å². The lowest BCUT2D eigenvalue weighted by Gasteiger charge is -2.23. The SMILES string of the molecule is CCN(C)C(=O)N(C)Cc1cccc(F)c1. The summed E-state index contributed by atoms with van der Waals surface area (Å²) in [4.78, 5) is 14.9. The van der Waals surface area contributed by atoms with E-state index in [9.17, 15) is 9.18 Å². The van der Waals surface area contributed by atoms with Gasteiger partial charge in [-0.1, -0.05) is 12.1 Å². The summed E-state index contributed by atoms with van der Waals surface area (Å²) in [7, 11) is 3.45. The van der Waals surface area contributed by atoms with Crippen LogP contribution in [0.15, 0.2) is 24.3 Å². The van der Waals surface area contributed by atoms with E-state index in [1.54, 1.807) is 36.0 Å². The van der Waals surface area contributed by atoms with E-state index in [0.717, 1.165) is 5.56 Å². The number of carbonyl (C=O) groups excluding carboxylic acids is 1. The molecular weight excluding hydrogens is 207 g/mol. The molecule has 0 saturated carbocycles. The van der Waals surface area contributed by atoms with Gasteiger partial charge in [0.2, 0.25) is 0 Å². The Morgan fingerprint density at radius 3 is 2.56 bits per heavy atom. The Morgan fingerprint density at radius 2 is 2.00 bits per heavy atom. The zero-order chi connectivity index (χ0) is 12.1. The van der Waals surface area contributed by atoms with Crippen LogP contribution in [0.5, 0.6) is 0 Å². The number of amides is 2. The molecular formula is C12H17FN2O. The lowest BCUT2D eigenvalue weighted by Crippen LogP contribution is -2.38. The second-order valence-corrected chi connectivity index (χ2v) is 3.78. The molecule has 1 aromatic carbocycles. The van der Waals surface area contributed by atoms with Gasteiger partial charge in [-0.2, -0.15) is 0 Å². The molecule has 0 fully saturated rings. The number of halogens is 1. The molecule has 0 aliphatic heterocycles. The number of hydrogen-bond acceptors (Lipinski definition) is 1. The van der Waals surface area contributed by atoms with Gasteiger partial charge < -0.3 is 9.80 Å². The van der Waals surface area contributed by atoms with Gasteiger partial charge in [0.05, 0.1) is 0 Å². The molecule has 0 N–H and O–H groups in total. The Labute approximate surface area is 95.5 Å². The molecule has 1 aromatic rings. The zero-order valence-corrected chi connectivity index (χ0v) is 9.90. The largest absolute Gasteiger partial charge is 0.328 e. The van der Waals surface area contributed by atoms with Gasteiger partial charge in [0.1, 0.15) is 5.82 Å². The van der Waals surface area contributed by atoms with Crippen molar-refractivity contribution in [2.75, 3.05) is 20.6 Å². The summed E-state index contributed by atoms with van der Waals surface area (Å²) >= 11 is 0. The summed E-state index contributed by atoms with van der Waals surface area (Å²) in [5.74, 6) is -0.276. The van der Waals surface area contributed by atoms with Crippen molar-refractivity contribution in [2.45, 2.75) is 13.5 Å². The number of hydrogen-bond donors (Lipinski definition) is 0. The van der Waals surface area contributed by atoms with Crippen molar-refractivity contribution < 1.29 is 9.18 Å². The van der Waals surface area contributed by atoms with Crippen molar-refractivity contribution in [3.63, 3.8) is 0 Å². The average molecular weight is 224 g/mol. The van der Waals surface area contributed by atoms with Crippen LogP contribution >= 0.6 is 0 Å². The summed E-state index contributed by atoms with van der Waals surface area (Å²) in [5.41, 5.74) is 0.792. The molecule has 0 aromatic heterocycles. The van der Waals surface area contributed by atoms with Crippen LogP contribution in [0.25, 0.3) is 0 Å². The molecule has 4 heteroatoms. The summed E-state index contributed by atoms with van der Waals surface area (Å²) in [6, 6.07) is 6.22. The van der Waals surface area contributed by atoms with Crippen LogP contribution in [0.4, 0.5) is 9.18 Å². The topological polar surface area (TPSA) is 23.6 Å². The fourth-order valence-electron chi connectivity index (χ4n) is 1.40. The lowest BCUT2D eigenvalue weighted by molar-refractivity contribution is 0.173. The monoisotopic (exact) mass is 224 g/mol. The van der Waals surface area contributed by atoms with E-state index in [2.05, 4.69) is 0 Å². The van der Waals surface area contributed by atoms with E-state index in [1.165, 1.54) is 12.1 Å². The number of rotatable bonds is 3. The van der Waals surface area contributed by atoms with Crippen molar-refractivity contribution in [3.8, 4) is 0 Å². The first-order valence-corrected chi connectivity index (χ1v) is 5.25. The Kier molecular flexibility index (Phi) is 4.28. The van der Waals surface area contributed by atoms with E-state index in [0.29, 0.717) is 13.1 Å². The molecule has 3 nitrogen and oxygen atoms in total. The highest BCUT2D eigenvalue weighted by Crippen LogP contribution is 2.07. The molecule has 16 heavy (non-hydrogen) atoms. The van der Waals surface area contributed by atoms with E-state index < -0.39 is 0 Å². The summed E-state index contributed by atoms with van der Waals surface area (Å²) in [5, 5.41) is 0. The normalized spacial score (nSPS) is 10.0. The van der Waals surface area contributed by atoms with Crippen molar-refractivity contribution in [1.82, 2.24) is 9.80 Å². The van der Waals surface area contributed by atoms with Gasteiger partial charge in [0, 0.05) is 27.2 Å². The van der Waals surface area contributed by atoms with Crippen molar-refractivity contribution in [2.24, 2.45) is 0 Å². The van der Waals surface area contributed by atoms with Crippen LogP contribution in [-0.4, -0.2) is 36.5 Å². The van der Waals surface area contributed by atoms with Gasteiger partial charge in [0.25, 0.3) is 0 Å². The molecule has 0 bridgehead atoms.